The fourth-order valence-electron chi connectivity index (χ4n) is 0.234. The maximum atomic E-state index is 10.1. The molecule has 0 spiro atoms. The highest BCUT2D eigenvalue weighted by atomic mass is 16.3. The first kappa shape index (κ1) is 8.13. The minimum Gasteiger partial charge on any atom is -0.373 e. The summed E-state index contributed by atoms with van der Waals surface area (Å²) >= 11 is 0. The van der Waals surface area contributed by atoms with Crippen LogP contribution in [0.1, 0.15) is 6.92 Å². The molecule has 0 fully saturated rings. The molecule has 0 aliphatic carbocycles. The lowest BCUT2D eigenvalue weighted by molar-refractivity contribution is -0.120. The van der Waals surface area contributed by atoms with E-state index in [1.807, 2.05) is 0 Å². The van der Waals surface area contributed by atoms with Gasteiger partial charge in [0.2, 0.25) is 5.91 Å². The second kappa shape index (κ2) is 4.05. The van der Waals surface area contributed by atoms with Crippen molar-refractivity contribution in [2.75, 3.05) is 0 Å². The number of rotatable bonds is 3. The minimum absolute atomic E-state index is 0.254. The zero-order valence-electron chi connectivity index (χ0n) is 5.22. The van der Waals surface area contributed by atoms with Crippen LogP contribution in [0.5, 0.6) is 0 Å². The molecule has 3 N–H and O–H groups in total. The SMILES string of the molecule is C=CC(O)NNC(C)=O. The minimum atomic E-state index is -0.881. The summed E-state index contributed by atoms with van der Waals surface area (Å²) in [7, 11) is 0. The molecule has 4 nitrogen and oxygen atoms in total. The first-order valence-electron chi connectivity index (χ1n) is 2.49. The molecule has 0 aromatic carbocycles. The molecule has 0 heterocycles. The Balaban J connectivity index is 3.26. The maximum absolute atomic E-state index is 10.1. The van der Waals surface area contributed by atoms with Crippen LogP contribution in [0.25, 0.3) is 0 Å². The van der Waals surface area contributed by atoms with Crippen molar-refractivity contribution in [1.82, 2.24) is 10.9 Å². The molecule has 0 radical (unpaired) electrons. The van der Waals surface area contributed by atoms with Crippen LogP contribution in [0, 0.1) is 0 Å². The Hall–Kier alpha value is -0.870. The highest BCUT2D eigenvalue weighted by Crippen LogP contribution is 1.70. The van der Waals surface area contributed by atoms with Crippen molar-refractivity contribution in [3.63, 3.8) is 0 Å². The van der Waals surface area contributed by atoms with Gasteiger partial charge in [-0.15, -0.1) is 0 Å². The number of hydrogen-bond acceptors (Lipinski definition) is 3. The summed E-state index contributed by atoms with van der Waals surface area (Å²) in [6.07, 6.45) is 0.379. The Labute approximate surface area is 53.5 Å². The van der Waals surface area contributed by atoms with Crippen LogP contribution < -0.4 is 10.9 Å². The summed E-state index contributed by atoms with van der Waals surface area (Å²) in [6, 6.07) is 0. The summed E-state index contributed by atoms with van der Waals surface area (Å²) in [5.74, 6) is -0.254. The normalized spacial score (nSPS) is 12.2. The zero-order chi connectivity index (χ0) is 7.28. The highest BCUT2D eigenvalue weighted by Gasteiger charge is 1.94. The van der Waals surface area contributed by atoms with Gasteiger partial charge < -0.3 is 5.11 Å². The van der Waals surface area contributed by atoms with Crippen LogP contribution in [-0.4, -0.2) is 17.2 Å². The van der Waals surface area contributed by atoms with Crippen molar-refractivity contribution >= 4 is 5.91 Å². The van der Waals surface area contributed by atoms with Gasteiger partial charge >= 0.3 is 0 Å². The summed E-state index contributed by atoms with van der Waals surface area (Å²) in [5.41, 5.74) is 4.46. The Bertz CT molecular complexity index is 114. The van der Waals surface area contributed by atoms with Gasteiger partial charge in [-0.05, 0) is 6.08 Å². The van der Waals surface area contributed by atoms with Gasteiger partial charge in [0, 0.05) is 6.92 Å². The van der Waals surface area contributed by atoms with E-state index >= 15 is 0 Å². The molecular formula is C5H10N2O2. The Morgan fingerprint density at radius 1 is 1.89 bits per heavy atom. The molecule has 52 valence electrons. The predicted molar refractivity (Wildman–Crippen MR) is 33.2 cm³/mol. The lowest BCUT2D eigenvalue weighted by Crippen LogP contribution is -2.42. The number of nitrogens with one attached hydrogen (secondary N) is 2. The number of amides is 1. The molecular weight excluding hydrogens is 120 g/mol. The van der Waals surface area contributed by atoms with Crippen molar-refractivity contribution < 1.29 is 9.90 Å². The average Bonchev–Trinajstić information content (AvgIpc) is 1.83. The van der Waals surface area contributed by atoms with E-state index in [4.69, 9.17) is 5.11 Å². The average molecular weight is 130 g/mol. The molecule has 4 heteroatoms. The van der Waals surface area contributed by atoms with Gasteiger partial charge in [-0.25, -0.2) is 5.43 Å². The number of carbonyl (C=O) groups excluding carboxylic acids is 1. The number of hydrogen-bond donors (Lipinski definition) is 3. The van der Waals surface area contributed by atoms with E-state index in [1.54, 1.807) is 0 Å². The number of carbonyl (C=O) groups is 1. The predicted octanol–water partition coefficient (Wildman–Crippen LogP) is -0.869. The van der Waals surface area contributed by atoms with Crippen molar-refractivity contribution in [2.45, 2.75) is 13.2 Å². The van der Waals surface area contributed by atoms with E-state index in [1.165, 1.54) is 13.0 Å². The first-order chi connectivity index (χ1) is 4.16. The van der Waals surface area contributed by atoms with E-state index in [0.29, 0.717) is 0 Å². The molecule has 1 atom stereocenters. The second-order valence-corrected chi connectivity index (χ2v) is 1.51. The molecule has 0 aliphatic rings. The molecule has 0 saturated heterocycles. The molecule has 0 aliphatic heterocycles. The molecule has 1 unspecified atom stereocenters. The molecule has 0 aromatic heterocycles. The number of hydrazine groups is 1. The third-order valence-corrected chi connectivity index (χ3v) is 0.619. The quantitative estimate of drug-likeness (QED) is 0.264. The van der Waals surface area contributed by atoms with E-state index < -0.39 is 6.23 Å². The van der Waals surface area contributed by atoms with Crippen molar-refractivity contribution in [1.29, 1.82) is 0 Å². The fraction of sp³-hybridized carbons (Fsp3) is 0.400. The number of aliphatic hydroxyl groups excluding tert-OH is 1. The van der Waals surface area contributed by atoms with Gasteiger partial charge in [0.25, 0.3) is 0 Å². The summed E-state index contributed by atoms with van der Waals surface area (Å²) in [4.78, 5) is 10.1. The summed E-state index contributed by atoms with van der Waals surface area (Å²) < 4.78 is 0. The summed E-state index contributed by atoms with van der Waals surface area (Å²) in [5, 5.41) is 8.66. The van der Waals surface area contributed by atoms with Crippen LogP contribution >= 0.6 is 0 Å². The smallest absolute Gasteiger partial charge is 0.231 e. The van der Waals surface area contributed by atoms with Gasteiger partial charge in [0.1, 0.15) is 6.23 Å². The van der Waals surface area contributed by atoms with E-state index in [-0.39, 0.29) is 5.91 Å². The van der Waals surface area contributed by atoms with Gasteiger partial charge in [0.05, 0.1) is 0 Å². The Morgan fingerprint density at radius 2 is 2.44 bits per heavy atom. The molecule has 0 aromatic rings. The van der Waals surface area contributed by atoms with Crippen LogP contribution in [0.15, 0.2) is 12.7 Å². The Kier molecular flexibility index (Phi) is 3.66. The highest BCUT2D eigenvalue weighted by molar-refractivity contribution is 5.72. The van der Waals surface area contributed by atoms with Crippen LogP contribution in [0.4, 0.5) is 0 Å². The number of aliphatic hydroxyl groups is 1. The molecule has 0 rings (SSSR count). The van der Waals surface area contributed by atoms with Crippen LogP contribution in [0.3, 0.4) is 0 Å². The van der Waals surface area contributed by atoms with Crippen LogP contribution in [0.2, 0.25) is 0 Å². The van der Waals surface area contributed by atoms with Gasteiger partial charge in [-0.1, -0.05) is 6.58 Å². The van der Waals surface area contributed by atoms with E-state index in [0.717, 1.165) is 0 Å². The molecule has 0 bridgehead atoms. The topological polar surface area (TPSA) is 61.4 Å². The monoisotopic (exact) mass is 130 g/mol. The van der Waals surface area contributed by atoms with Crippen molar-refractivity contribution in [3.05, 3.63) is 12.7 Å². The van der Waals surface area contributed by atoms with E-state index in [9.17, 15) is 4.79 Å². The van der Waals surface area contributed by atoms with Gasteiger partial charge in [0.15, 0.2) is 0 Å². The van der Waals surface area contributed by atoms with Crippen molar-refractivity contribution in [3.8, 4) is 0 Å². The molecule has 9 heavy (non-hydrogen) atoms. The van der Waals surface area contributed by atoms with E-state index in [2.05, 4.69) is 17.4 Å². The van der Waals surface area contributed by atoms with Crippen LogP contribution in [-0.2, 0) is 4.79 Å². The van der Waals surface area contributed by atoms with Gasteiger partial charge in [-0.3, -0.25) is 10.2 Å². The third-order valence-electron chi connectivity index (χ3n) is 0.619. The first-order valence-corrected chi connectivity index (χ1v) is 2.49. The standard InChI is InChI=1S/C5H10N2O2/c1-3-5(9)7-6-4(2)8/h3,5,7,9H,1H2,2H3,(H,6,8). The Morgan fingerprint density at radius 3 is 2.78 bits per heavy atom. The van der Waals surface area contributed by atoms with Crippen molar-refractivity contribution in [2.24, 2.45) is 0 Å². The maximum Gasteiger partial charge on any atom is 0.231 e. The largest absolute Gasteiger partial charge is 0.373 e. The second-order valence-electron chi connectivity index (χ2n) is 1.51. The third kappa shape index (κ3) is 4.99. The molecule has 0 saturated carbocycles. The zero-order valence-corrected chi connectivity index (χ0v) is 5.22. The summed E-state index contributed by atoms with van der Waals surface area (Å²) in [6.45, 7) is 4.61. The molecule has 1 amide bonds. The lowest BCUT2D eigenvalue weighted by atomic mass is 10.6. The van der Waals surface area contributed by atoms with Gasteiger partial charge in [-0.2, -0.15) is 0 Å². The lowest BCUT2D eigenvalue weighted by Gasteiger charge is -2.06. The fourth-order valence-corrected chi connectivity index (χ4v) is 0.234.